The molecule has 2 amide bonds. The topological polar surface area (TPSA) is 88.3 Å². The van der Waals surface area contributed by atoms with Crippen molar-refractivity contribution in [3.8, 4) is 0 Å². The summed E-state index contributed by atoms with van der Waals surface area (Å²) >= 11 is 0. The van der Waals surface area contributed by atoms with Crippen LogP contribution >= 0.6 is 0 Å². The van der Waals surface area contributed by atoms with Gasteiger partial charge >= 0.3 is 6.03 Å². The highest BCUT2D eigenvalue weighted by Crippen LogP contribution is 1.97. The van der Waals surface area contributed by atoms with Gasteiger partial charge < -0.3 is 10.1 Å². The molecule has 3 heterocycles. The molecule has 1 aromatic rings. The summed E-state index contributed by atoms with van der Waals surface area (Å²) in [4.78, 5) is 19.6. The lowest BCUT2D eigenvalue weighted by molar-refractivity contribution is 0.250. The largest absolute Gasteiger partial charge is 0.496 e. The Bertz CT molecular complexity index is 733. The lowest BCUT2D eigenvalue weighted by atomic mass is 10.2. The molecule has 0 aliphatic carbocycles. The molecule has 7 heteroatoms. The second-order valence-corrected chi connectivity index (χ2v) is 3.75. The Balaban J connectivity index is 2.17. The molecule has 19 heavy (non-hydrogen) atoms. The third kappa shape index (κ3) is 2.39. The van der Waals surface area contributed by atoms with Crippen molar-refractivity contribution < 1.29 is 9.53 Å². The number of hydrogen-bond donors (Lipinski definition) is 1. The minimum atomic E-state index is -0.519. The number of ether oxygens (including phenoxy) is 1. The van der Waals surface area contributed by atoms with Crippen LogP contribution in [0.3, 0.4) is 0 Å². The van der Waals surface area contributed by atoms with E-state index in [4.69, 9.17) is 4.74 Å². The standard InChI is InChI=1S/C12H9N5O2/c18-12-13-3-5-19-4-1-2-9-11-8(7-14-17-11)6-10(15-9)16-12/h1-3,5-7H,4H2,(H,13,18)/b2-1-,5-3-,16-10+. The van der Waals surface area contributed by atoms with E-state index < -0.39 is 6.03 Å². The van der Waals surface area contributed by atoms with Crippen molar-refractivity contribution in [2.24, 2.45) is 15.2 Å². The summed E-state index contributed by atoms with van der Waals surface area (Å²) in [5.74, 6) is 0. The quantitative estimate of drug-likeness (QED) is 0.701. The fourth-order valence-corrected chi connectivity index (χ4v) is 1.65. The van der Waals surface area contributed by atoms with Crippen LogP contribution in [0.1, 0.15) is 11.3 Å². The van der Waals surface area contributed by atoms with Crippen molar-refractivity contribution >= 4 is 18.3 Å². The van der Waals surface area contributed by atoms with E-state index in [0.29, 0.717) is 23.1 Å². The number of pyridine rings is 1. The average Bonchev–Trinajstić information content (AvgIpc) is 2.84. The summed E-state index contributed by atoms with van der Waals surface area (Å²) in [5, 5.41) is 10.9. The van der Waals surface area contributed by atoms with E-state index in [-0.39, 0.29) is 0 Å². The molecule has 2 aliphatic heterocycles. The number of urea groups is 1. The normalized spacial score (nSPS) is 21.5. The number of hydrogen-bond acceptors (Lipinski definition) is 5. The van der Waals surface area contributed by atoms with Crippen LogP contribution in [0.4, 0.5) is 4.79 Å². The SMILES string of the molecule is O=C1/N=c2\cc3c(c(n2)/C=C\CO/C=C\N1)=NN=C3. The van der Waals surface area contributed by atoms with Gasteiger partial charge in [-0.25, -0.2) is 9.78 Å². The van der Waals surface area contributed by atoms with Gasteiger partial charge in [0.1, 0.15) is 12.0 Å². The van der Waals surface area contributed by atoms with E-state index in [1.54, 1.807) is 24.4 Å². The van der Waals surface area contributed by atoms with Crippen molar-refractivity contribution in [1.82, 2.24) is 10.3 Å². The molecule has 0 radical (unpaired) electrons. The highest BCUT2D eigenvalue weighted by atomic mass is 16.5. The van der Waals surface area contributed by atoms with Crippen LogP contribution in [0.2, 0.25) is 0 Å². The van der Waals surface area contributed by atoms with Gasteiger partial charge in [-0.3, -0.25) is 0 Å². The van der Waals surface area contributed by atoms with Gasteiger partial charge in [0, 0.05) is 11.8 Å². The van der Waals surface area contributed by atoms with E-state index in [1.165, 1.54) is 12.5 Å². The van der Waals surface area contributed by atoms with Crippen molar-refractivity contribution in [1.29, 1.82) is 0 Å². The van der Waals surface area contributed by atoms with Crippen LogP contribution in [0, 0.1) is 0 Å². The summed E-state index contributed by atoms with van der Waals surface area (Å²) in [5.41, 5.74) is 1.71. The Kier molecular flexibility index (Phi) is 2.85. The third-order valence-electron chi connectivity index (χ3n) is 2.45. The molecular weight excluding hydrogens is 246 g/mol. The van der Waals surface area contributed by atoms with Gasteiger partial charge in [0.25, 0.3) is 0 Å². The molecule has 0 atom stereocenters. The number of aromatic nitrogens is 1. The molecule has 1 N–H and O–H groups in total. The summed E-state index contributed by atoms with van der Waals surface area (Å²) < 4.78 is 5.13. The van der Waals surface area contributed by atoms with E-state index in [1.807, 2.05) is 0 Å². The number of carbonyl (C=O) groups is 1. The molecule has 0 spiro atoms. The van der Waals surface area contributed by atoms with Crippen LogP contribution in [0.15, 0.2) is 39.8 Å². The van der Waals surface area contributed by atoms with Gasteiger partial charge in [-0.2, -0.15) is 10.1 Å². The first-order valence-corrected chi connectivity index (χ1v) is 5.57. The van der Waals surface area contributed by atoms with Crippen LogP contribution in [-0.2, 0) is 4.74 Å². The van der Waals surface area contributed by atoms with Crippen LogP contribution in [0.5, 0.6) is 0 Å². The minimum absolute atomic E-state index is 0.314. The van der Waals surface area contributed by atoms with Gasteiger partial charge in [-0.1, -0.05) is 0 Å². The second-order valence-electron chi connectivity index (χ2n) is 3.75. The zero-order valence-corrected chi connectivity index (χ0v) is 9.78. The number of fused-ring (bicyclic) bond motifs is 4. The maximum Gasteiger partial charge on any atom is 0.347 e. The smallest absolute Gasteiger partial charge is 0.347 e. The Morgan fingerprint density at radius 2 is 2.32 bits per heavy atom. The molecule has 7 nitrogen and oxygen atoms in total. The van der Waals surface area contributed by atoms with Crippen molar-refractivity contribution in [2.75, 3.05) is 6.61 Å². The van der Waals surface area contributed by atoms with Crippen molar-refractivity contribution in [2.45, 2.75) is 0 Å². The molecule has 3 rings (SSSR count). The van der Waals surface area contributed by atoms with Gasteiger partial charge in [0.15, 0.2) is 5.49 Å². The number of rotatable bonds is 0. The van der Waals surface area contributed by atoms with Crippen molar-refractivity contribution in [3.05, 3.63) is 46.7 Å². The monoisotopic (exact) mass is 255 g/mol. The average molecular weight is 255 g/mol. The molecule has 2 aliphatic rings. The fourth-order valence-electron chi connectivity index (χ4n) is 1.65. The number of carbonyl (C=O) groups excluding carboxylic acids is 1. The molecular formula is C12H9N5O2. The molecule has 94 valence electrons. The lowest BCUT2D eigenvalue weighted by Gasteiger charge is -1.99. The van der Waals surface area contributed by atoms with Gasteiger partial charge in [-0.15, -0.1) is 5.10 Å². The van der Waals surface area contributed by atoms with E-state index >= 15 is 0 Å². The van der Waals surface area contributed by atoms with Crippen LogP contribution in [-0.4, -0.2) is 23.8 Å². The van der Waals surface area contributed by atoms with Crippen molar-refractivity contribution in [3.63, 3.8) is 0 Å². The second kappa shape index (κ2) is 4.81. The van der Waals surface area contributed by atoms with E-state index in [9.17, 15) is 4.79 Å². The van der Waals surface area contributed by atoms with Crippen LogP contribution < -0.4 is 16.2 Å². The zero-order valence-electron chi connectivity index (χ0n) is 9.78. The first-order valence-electron chi connectivity index (χ1n) is 5.57. The first kappa shape index (κ1) is 11.3. The van der Waals surface area contributed by atoms with Gasteiger partial charge in [0.2, 0.25) is 0 Å². The predicted molar refractivity (Wildman–Crippen MR) is 66.8 cm³/mol. The number of nitrogens with zero attached hydrogens (tertiary/aromatic N) is 4. The third-order valence-corrected chi connectivity index (χ3v) is 2.45. The Morgan fingerprint density at radius 1 is 1.37 bits per heavy atom. The fraction of sp³-hybridized carbons (Fsp3) is 0.0833. The molecule has 1 aromatic heterocycles. The highest BCUT2D eigenvalue weighted by Gasteiger charge is 2.07. The maximum absolute atomic E-state index is 11.5. The summed E-state index contributed by atoms with van der Waals surface area (Å²) in [7, 11) is 0. The molecule has 0 saturated carbocycles. The molecule has 0 fully saturated rings. The van der Waals surface area contributed by atoms with Crippen LogP contribution in [0.25, 0.3) is 6.08 Å². The van der Waals surface area contributed by atoms with Gasteiger partial charge in [-0.05, 0) is 18.2 Å². The zero-order chi connectivity index (χ0) is 13.1. The maximum atomic E-state index is 11.5. The first-order chi connectivity index (χ1) is 9.33. The van der Waals surface area contributed by atoms with E-state index in [2.05, 4.69) is 25.5 Å². The summed E-state index contributed by atoms with van der Waals surface area (Å²) in [6, 6.07) is 1.15. The predicted octanol–water partition coefficient (Wildman–Crippen LogP) is -0.107. The molecule has 0 aromatic carbocycles. The Hall–Kier alpha value is -2.83. The number of amides is 2. The highest BCUT2D eigenvalue weighted by molar-refractivity contribution is 5.81. The summed E-state index contributed by atoms with van der Waals surface area (Å²) in [6.07, 6.45) is 7.94. The Morgan fingerprint density at radius 3 is 3.26 bits per heavy atom. The van der Waals surface area contributed by atoms with Gasteiger partial charge in [0.05, 0.1) is 18.2 Å². The minimum Gasteiger partial charge on any atom is -0.496 e. The Labute approximate surface area is 107 Å². The number of nitrogens with one attached hydrogen (secondary N) is 1. The van der Waals surface area contributed by atoms with E-state index in [0.717, 1.165) is 5.56 Å². The molecule has 2 bridgehead atoms. The lowest BCUT2D eigenvalue weighted by Crippen LogP contribution is -2.24. The summed E-state index contributed by atoms with van der Waals surface area (Å²) in [6.45, 7) is 0.366. The molecule has 0 saturated heterocycles. The molecule has 0 unspecified atom stereocenters.